The molecule has 0 aliphatic carbocycles. The average Bonchev–Trinajstić information content (AvgIpc) is 2.91. The highest BCUT2D eigenvalue weighted by Gasteiger charge is 2.31. The Bertz CT molecular complexity index is 1120. The summed E-state index contributed by atoms with van der Waals surface area (Å²) >= 11 is 11.2. The summed E-state index contributed by atoms with van der Waals surface area (Å²) in [6, 6.07) is 10.4. The van der Waals surface area contributed by atoms with Gasteiger partial charge in [0.05, 0.1) is 16.3 Å². The predicted octanol–water partition coefficient (Wildman–Crippen LogP) is 5.24. The molecule has 0 spiro atoms. The van der Waals surface area contributed by atoms with E-state index in [2.05, 4.69) is 10.4 Å². The SMILES string of the molecule is Cc1ccc(-c2nn(CC(=O)Nc3cc(C(F)(F)F)ccc3Cl)c(=S)n2C)cc1. The zero-order chi connectivity index (χ0) is 21.3. The smallest absolute Gasteiger partial charge is 0.323 e. The molecule has 0 atom stereocenters. The molecule has 1 aromatic heterocycles. The number of carbonyl (C=O) groups is 1. The molecule has 0 aliphatic rings. The monoisotopic (exact) mass is 440 g/mol. The lowest BCUT2D eigenvalue weighted by molar-refractivity contribution is -0.137. The van der Waals surface area contributed by atoms with Gasteiger partial charge in [-0.1, -0.05) is 41.4 Å². The lowest BCUT2D eigenvalue weighted by Gasteiger charge is -2.11. The molecule has 0 unspecified atom stereocenters. The number of alkyl halides is 3. The highest BCUT2D eigenvalue weighted by molar-refractivity contribution is 7.71. The number of aromatic nitrogens is 3. The zero-order valence-electron chi connectivity index (χ0n) is 15.4. The molecule has 3 rings (SSSR count). The Kier molecular flexibility index (Phi) is 5.81. The van der Waals surface area contributed by atoms with Crippen molar-refractivity contribution in [3.05, 3.63) is 63.4 Å². The lowest BCUT2D eigenvalue weighted by Crippen LogP contribution is -2.20. The molecule has 2 aromatic carbocycles. The van der Waals surface area contributed by atoms with Crippen molar-refractivity contribution in [2.24, 2.45) is 7.05 Å². The molecule has 0 saturated carbocycles. The van der Waals surface area contributed by atoms with Gasteiger partial charge in [-0.2, -0.15) is 18.3 Å². The van der Waals surface area contributed by atoms with Crippen molar-refractivity contribution in [2.45, 2.75) is 19.6 Å². The number of nitrogens with one attached hydrogen (secondary N) is 1. The Morgan fingerprint density at radius 3 is 2.48 bits per heavy atom. The molecule has 5 nitrogen and oxygen atoms in total. The normalized spacial score (nSPS) is 11.5. The van der Waals surface area contributed by atoms with E-state index in [1.165, 1.54) is 4.68 Å². The van der Waals surface area contributed by atoms with Gasteiger partial charge in [-0.25, -0.2) is 4.68 Å². The van der Waals surface area contributed by atoms with E-state index in [0.717, 1.165) is 29.3 Å². The van der Waals surface area contributed by atoms with Gasteiger partial charge in [0, 0.05) is 12.6 Å². The molecule has 3 aromatic rings. The van der Waals surface area contributed by atoms with Crippen LogP contribution in [0.3, 0.4) is 0 Å². The number of aryl methyl sites for hydroxylation is 1. The van der Waals surface area contributed by atoms with Crippen LogP contribution in [0.25, 0.3) is 11.4 Å². The maximum absolute atomic E-state index is 12.9. The quantitative estimate of drug-likeness (QED) is 0.565. The number of anilines is 1. The van der Waals surface area contributed by atoms with E-state index in [4.69, 9.17) is 23.8 Å². The number of hydrogen-bond acceptors (Lipinski definition) is 3. The lowest BCUT2D eigenvalue weighted by atomic mass is 10.1. The van der Waals surface area contributed by atoms with Gasteiger partial charge in [-0.15, -0.1) is 0 Å². The molecular formula is C19H16ClF3N4OS. The van der Waals surface area contributed by atoms with E-state index < -0.39 is 17.6 Å². The maximum Gasteiger partial charge on any atom is 0.416 e. The van der Waals surface area contributed by atoms with Gasteiger partial charge in [0.15, 0.2) is 10.6 Å². The highest BCUT2D eigenvalue weighted by Crippen LogP contribution is 2.33. The highest BCUT2D eigenvalue weighted by atomic mass is 35.5. The van der Waals surface area contributed by atoms with Crippen LogP contribution in [-0.2, 0) is 24.6 Å². The van der Waals surface area contributed by atoms with Crippen molar-refractivity contribution in [3.8, 4) is 11.4 Å². The van der Waals surface area contributed by atoms with E-state index in [-0.39, 0.29) is 17.3 Å². The van der Waals surface area contributed by atoms with Crippen molar-refractivity contribution in [3.63, 3.8) is 0 Å². The first-order chi connectivity index (χ1) is 13.6. The van der Waals surface area contributed by atoms with Gasteiger partial charge in [0.25, 0.3) is 0 Å². The Balaban J connectivity index is 1.83. The van der Waals surface area contributed by atoms with E-state index >= 15 is 0 Å². The maximum atomic E-state index is 12.9. The fraction of sp³-hybridized carbons (Fsp3) is 0.211. The molecule has 0 fully saturated rings. The first-order valence-corrected chi connectivity index (χ1v) is 9.22. The number of halogens is 4. The summed E-state index contributed by atoms with van der Waals surface area (Å²) in [4.78, 5) is 12.4. The summed E-state index contributed by atoms with van der Waals surface area (Å²) in [6.07, 6.45) is -4.55. The van der Waals surface area contributed by atoms with Crippen LogP contribution in [0, 0.1) is 11.7 Å². The van der Waals surface area contributed by atoms with E-state index in [0.29, 0.717) is 10.6 Å². The van der Waals surface area contributed by atoms with Crippen molar-refractivity contribution >= 4 is 35.4 Å². The molecule has 0 bridgehead atoms. The summed E-state index contributed by atoms with van der Waals surface area (Å²) in [6.45, 7) is 1.69. The standard InChI is InChI=1S/C19H16ClF3N4OS/c1-11-3-5-12(6-4-11)17-25-27(18(29)26(17)2)10-16(28)24-15-9-13(19(21,22)23)7-8-14(15)20/h3-9H,10H2,1-2H3,(H,24,28). The number of carbonyl (C=O) groups excluding carboxylic acids is 1. The van der Waals surface area contributed by atoms with Gasteiger partial charge in [0.2, 0.25) is 5.91 Å². The number of benzene rings is 2. The van der Waals surface area contributed by atoms with Crippen LogP contribution in [0.1, 0.15) is 11.1 Å². The molecule has 29 heavy (non-hydrogen) atoms. The van der Waals surface area contributed by atoms with Crippen LogP contribution in [-0.4, -0.2) is 20.3 Å². The van der Waals surface area contributed by atoms with E-state index in [1.807, 2.05) is 31.2 Å². The minimum absolute atomic E-state index is 0.00341. The average molecular weight is 441 g/mol. The second-order valence-electron chi connectivity index (χ2n) is 6.43. The van der Waals surface area contributed by atoms with Gasteiger partial charge in [-0.3, -0.25) is 4.79 Å². The third-order valence-corrected chi connectivity index (χ3v) is 5.03. The van der Waals surface area contributed by atoms with Crippen molar-refractivity contribution in [1.82, 2.24) is 14.3 Å². The number of hydrogen-bond donors (Lipinski definition) is 1. The van der Waals surface area contributed by atoms with Gasteiger partial charge in [-0.05, 0) is 37.3 Å². The van der Waals surface area contributed by atoms with Crippen molar-refractivity contribution in [2.75, 3.05) is 5.32 Å². The van der Waals surface area contributed by atoms with Gasteiger partial charge >= 0.3 is 6.18 Å². The minimum atomic E-state index is -4.55. The molecule has 10 heteroatoms. The number of rotatable bonds is 4. The molecule has 0 saturated heterocycles. The molecular weight excluding hydrogens is 425 g/mol. The topological polar surface area (TPSA) is 51.9 Å². The zero-order valence-corrected chi connectivity index (χ0v) is 17.0. The molecule has 1 N–H and O–H groups in total. The van der Waals surface area contributed by atoms with Crippen LogP contribution in [0.4, 0.5) is 18.9 Å². The van der Waals surface area contributed by atoms with Gasteiger partial charge in [0.1, 0.15) is 6.54 Å². The van der Waals surface area contributed by atoms with Crippen LogP contribution in [0.15, 0.2) is 42.5 Å². The Morgan fingerprint density at radius 1 is 1.21 bits per heavy atom. The summed E-state index contributed by atoms with van der Waals surface area (Å²) in [5, 5.41) is 6.76. The second-order valence-corrected chi connectivity index (χ2v) is 7.20. The Morgan fingerprint density at radius 2 is 1.86 bits per heavy atom. The van der Waals surface area contributed by atoms with Crippen LogP contribution >= 0.6 is 23.8 Å². The molecule has 0 radical (unpaired) electrons. The minimum Gasteiger partial charge on any atom is -0.323 e. The van der Waals surface area contributed by atoms with Crippen molar-refractivity contribution < 1.29 is 18.0 Å². The van der Waals surface area contributed by atoms with E-state index in [9.17, 15) is 18.0 Å². The molecule has 0 aliphatic heterocycles. The number of nitrogens with zero attached hydrogens (tertiary/aromatic N) is 3. The van der Waals surface area contributed by atoms with Crippen LogP contribution in [0.2, 0.25) is 5.02 Å². The molecule has 1 heterocycles. The Labute approximate surface area is 174 Å². The van der Waals surface area contributed by atoms with Crippen LogP contribution in [0.5, 0.6) is 0 Å². The number of amides is 1. The molecule has 1 amide bonds. The molecule has 152 valence electrons. The first kappa shape index (κ1) is 21.1. The fourth-order valence-corrected chi connectivity index (χ4v) is 3.02. The summed E-state index contributed by atoms with van der Waals surface area (Å²) in [7, 11) is 1.72. The van der Waals surface area contributed by atoms with Gasteiger partial charge < -0.3 is 9.88 Å². The Hall–Kier alpha value is -2.65. The van der Waals surface area contributed by atoms with Crippen molar-refractivity contribution in [1.29, 1.82) is 0 Å². The first-order valence-electron chi connectivity index (χ1n) is 8.44. The fourth-order valence-electron chi connectivity index (χ4n) is 2.67. The second kappa shape index (κ2) is 8.00. The summed E-state index contributed by atoms with van der Waals surface area (Å²) in [5.41, 5.74) is 0.872. The third-order valence-electron chi connectivity index (χ3n) is 4.21. The predicted molar refractivity (Wildman–Crippen MR) is 107 cm³/mol. The third kappa shape index (κ3) is 4.68. The summed E-state index contributed by atoms with van der Waals surface area (Å²) < 4.78 is 41.9. The van der Waals surface area contributed by atoms with E-state index in [1.54, 1.807) is 11.6 Å². The largest absolute Gasteiger partial charge is 0.416 e. The summed E-state index contributed by atoms with van der Waals surface area (Å²) in [5.74, 6) is -0.0317. The van der Waals surface area contributed by atoms with Crippen LogP contribution < -0.4 is 5.32 Å².